The van der Waals surface area contributed by atoms with Crippen LogP contribution in [-0.2, 0) is 4.74 Å². The van der Waals surface area contributed by atoms with Gasteiger partial charge in [0.15, 0.2) is 6.29 Å². The van der Waals surface area contributed by atoms with Crippen molar-refractivity contribution < 1.29 is 19.4 Å². The van der Waals surface area contributed by atoms with E-state index in [-0.39, 0.29) is 11.3 Å². The summed E-state index contributed by atoms with van der Waals surface area (Å²) in [7, 11) is 0. The molecule has 4 unspecified atom stereocenters. The van der Waals surface area contributed by atoms with E-state index >= 15 is 0 Å². The average Bonchev–Trinajstić information content (AvgIpc) is 3.09. The van der Waals surface area contributed by atoms with Crippen LogP contribution in [0.2, 0.25) is 0 Å². The molecule has 3 fully saturated rings. The summed E-state index contributed by atoms with van der Waals surface area (Å²) in [5.41, 5.74) is 1.53. The van der Waals surface area contributed by atoms with Crippen molar-refractivity contribution >= 4 is 6.29 Å². The fraction of sp³-hybridized carbons (Fsp3) is 0.545. The lowest BCUT2D eigenvalue weighted by molar-refractivity contribution is -0.106. The van der Waals surface area contributed by atoms with Crippen molar-refractivity contribution in [3.8, 4) is 11.5 Å². The van der Waals surface area contributed by atoms with Gasteiger partial charge in [-0.2, -0.15) is 5.10 Å². The summed E-state index contributed by atoms with van der Waals surface area (Å²) in [6.07, 6.45) is 7.32. The molecule has 2 heterocycles. The molecule has 1 aliphatic heterocycles. The number of rotatable bonds is 6. The number of ether oxygens (including phenoxy) is 2. The molecule has 0 radical (unpaired) electrons. The van der Waals surface area contributed by atoms with Gasteiger partial charge in [-0.3, -0.25) is 9.48 Å². The number of aromatic hydroxyl groups is 1. The molecule has 1 aromatic heterocycles. The molecule has 1 saturated heterocycles. The maximum Gasteiger partial charge on any atom is 0.157 e. The smallest absolute Gasteiger partial charge is 0.157 e. The van der Waals surface area contributed by atoms with Gasteiger partial charge in [-0.25, -0.2) is 0 Å². The fourth-order valence-corrected chi connectivity index (χ4v) is 5.27. The molecule has 0 amide bonds. The minimum Gasteiger partial charge on any atom is -0.507 e. The van der Waals surface area contributed by atoms with E-state index in [1.165, 1.54) is 31.0 Å². The van der Waals surface area contributed by atoms with Gasteiger partial charge in [-0.1, -0.05) is 6.07 Å². The van der Waals surface area contributed by atoms with Crippen molar-refractivity contribution in [2.24, 2.45) is 17.8 Å². The molecule has 2 saturated carbocycles. The van der Waals surface area contributed by atoms with Gasteiger partial charge in [0, 0.05) is 30.3 Å². The van der Waals surface area contributed by atoms with Gasteiger partial charge < -0.3 is 14.6 Å². The van der Waals surface area contributed by atoms with E-state index in [0.29, 0.717) is 48.4 Å². The van der Waals surface area contributed by atoms with Crippen LogP contribution in [0.5, 0.6) is 11.5 Å². The molecular weight excluding hydrogens is 356 g/mol. The van der Waals surface area contributed by atoms with Gasteiger partial charge in [0.2, 0.25) is 0 Å². The third-order valence-corrected chi connectivity index (χ3v) is 6.98. The molecule has 6 heteroatoms. The molecule has 28 heavy (non-hydrogen) atoms. The van der Waals surface area contributed by atoms with Crippen molar-refractivity contribution in [3.05, 3.63) is 41.7 Å². The molecule has 2 aromatic rings. The molecular formula is C22H26N2O4. The van der Waals surface area contributed by atoms with Crippen LogP contribution in [0.1, 0.15) is 53.7 Å². The first-order valence-corrected chi connectivity index (χ1v) is 10.3. The first kappa shape index (κ1) is 17.7. The van der Waals surface area contributed by atoms with Crippen molar-refractivity contribution in [3.63, 3.8) is 0 Å². The fourth-order valence-electron chi connectivity index (χ4n) is 5.27. The number of aldehydes is 1. The van der Waals surface area contributed by atoms with E-state index in [4.69, 9.17) is 9.47 Å². The Morgan fingerprint density at radius 2 is 2.14 bits per heavy atom. The largest absolute Gasteiger partial charge is 0.507 e. The van der Waals surface area contributed by atoms with E-state index in [0.717, 1.165) is 19.6 Å². The van der Waals surface area contributed by atoms with Crippen molar-refractivity contribution in [2.75, 3.05) is 19.8 Å². The number of carbonyl (C=O) groups is 1. The lowest BCUT2D eigenvalue weighted by Gasteiger charge is -2.54. The Morgan fingerprint density at radius 1 is 1.25 bits per heavy atom. The molecule has 5 rings (SSSR count). The van der Waals surface area contributed by atoms with Crippen LogP contribution in [0.3, 0.4) is 0 Å². The zero-order valence-corrected chi connectivity index (χ0v) is 15.9. The Labute approximate surface area is 164 Å². The summed E-state index contributed by atoms with van der Waals surface area (Å²) < 4.78 is 14.1. The molecule has 2 aliphatic carbocycles. The number of carbonyl (C=O) groups excluding carboxylic acids is 1. The number of phenols is 1. The van der Waals surface area contributed by atoms with Gasteiger partial charge in [-0.15, -0.1) is 0 Å². The number of phenolic OH excluding ortho intramolecular Hbond substituents is 1. The zero-order chi connectivity index (χ0) is 19.1. The minimum atomic E-state index is -0.0373. The number of nitrogens with zero attached hydrogens (tertiary/aromatic N) is 2. The topological polar surface area (TPSA) is 73.6 Å². The predicted molar refractivity (Wildman–Crippen MR) is 103 cm³/mol. The molecule has 4 atom stereocenters. The second kappa shape index (κ2) is 7.24. The highest BCUT2D eigenvalue weighted by atomic mass is 16.5. The van der Waals surface area contributed by atoms with E-state index in [2.05, 4.69) is 15.8 Å². The maximum atomic E-state index is 11.3. The second-order valence-corrected chi connectivity index (χ2v) is 8.28. The Balaban J connectivity index is 1.38. The molecule has 1 aromatic carbocycles. The summed E-state index contributed by atoms with van der Waals surface area (Å²) in [5, 5.41) is 14.5. The third-order valence-electron chi connectivity index (χ3n) is 6.98. The van der Waals surface area contributed by atoms with E-state index < -0.39 is 0 Å². The quantitative estimate of drug-likeness (QED) is 0.773. The van der Waals surface area contributed by atoms with Crippen LogP contribution < -0.4 is 4.74 Å². The summed E-state index contributed by atoms with van der Waals surface area (Å²) in [4.78, 5) is 11.3. The van der Waals surface area contributed by atoms with E-state index in [1.807, 2.05) is 6.20 Å². The van der Waals surface area contributed by atoms with Gasteiger partial charge in [0.1, 0.15) is 11.5 Å². The van der Waals surface area contributed by atoms with Crippen molar-refractivity contribution in [2.45, 2.75) is 37.6 Å². The van der Waals surface area contributed by atoms with Gasteiger partial charge in [0.25, 0.3) is 0 Å². The second-order valence-electron chi connectivity index (χ2n) is 8.28. The van der Waals surface area contributed by atoms with Crippen LogP contribution >= 0.6 is 0 Å². The number of hydrogen-bond donors (Lipinski definition) is 1. The predicted octanol–water partition coefficient (Wildman–Crippen LogP) is 3.57. The van der Waals surface area contributed by atoms with Gasteiger partial charge in [-0.05, 0) is 55.7 Å². The van der Waals surface area contributed by atoms with Gasteiger partial charge >= 0.3 is 0 Å². The van der Waals surface area contributed by atoms with E-state index in [9.17, 15) is 9.90 Å². The molecule has 0 spiro atoms. The SMILES string of the molecule is O=Cc1c(O)cccc1OCC1C2CCOCC2C1c1ccnn1C1CCC1. The Bertz CT molecular complexity index is 860. The standard InChI is InChI=1S/C22H26N2O4/c25-11-16-20(26)5-2-6-21(16)28-13-18-15-8-10-27-12-17(15)22(18)19-7-9-23-24(19)14-3-1-4-14/h2,5-7,9,11,14-15,17-18,22,26H,1,3-4,8,10,12-13H2. The molecule has 1 N–H and O–H groups in total. The summed E-state index contributed by atoms with van der Waals surface area (Å²) in [5.74, 6) is 2.23. The van der Waals surface area contributed by atoms with Crippen LogP contribution in [0.25, 0.3) is 0 Å². The van der Waals surface area contributed by atoms with E-state index in [1.54, 1.807) is 12.1 Å². The van der Waals surface area contributed by atoms with Gasteiger partial charge in [0.05, 0.1) is 24.8 Å². The molecule has 148 valence electrons. The third kappa shape index (κ3) is 2.82. The summed E-state index contributed by atoms with van der Waals surface area (Å²) in [6, 6.07) is 7.65. The van der Waals surface area contributed by atoms with Crippen molar-refractivity contribution in [1.82, 2.24) is 9.78 Å². The van der Waals surface area contributed by atoms with Crippen LogP contribution in [-0.4, -0.2) is 41.0 Å². The zero-order valence-electron chi connectivity index (χ0n) is 15.9. The van der Waals surface area contributed by atoms with Crippen LogP contribution in [0.15, 0.2) is 30.5 Å². The van der Waals surface area contributed by atoms with Crippen molar-refractivity contribution in [1.29, 1.82) is 0 Å². The monoisotopic (exact) mass is 382 g/mol. The minimum absolute atomic E-state index is 0.0373. The number of aromatic nitrogens is 2. The average molecular weight is 382 g/mol. The normalized spacial score (nSPS) is 29.4. The first-order valence-electron chi connectivity index (χ1n) is 10.3. The molecule has 0 bridgehead atoms. The lowest BCUT2D eigenvalue weighted by Crippen LogP contribution is -2.53. The molecule has 6 nitrogen and oxygen atoms in total. The maximum absolute atomic E-state index is 11.3. The highest BCUT2D eigenvalue weighted by Crippen LogP contribution is 2.56. The van der Waals surface area contributed by atoms with Crippen LogP contribution in [0, 0.1) is 17.8 Å². The molecule has 3 aliphatic rings. The Morgan fingerprint density at radius 3 is 2.93 bits per heavy atom. The number of hydrogen-bond acceptors (Lipinski definition) is 5. The highest BCUT2D eigenvalue weighted by molar-refractivity contribution is 5.83. The highest BCUT2D eigenvalue weighted by Gasteiger charge is 2.53. The number of fused-ring (bicyclic) bond motifs is 1. The number of benzene rings is 1. The lowest BCUT2D eigenvalue weighted by atomic mass is 9.54. The van der Waals surface area contributed by atoms with Crippen LogP contribution in [0.4, 0.5) is 0 Å². The Kier molecular flexibility index (Phi) is 4.59. The Hall–Kier alpha value is -2.34. The first-order chi connectivity index (χ1) is 13.8. The summed E-state index contributed by atoms with van der Waals surface area (Å²) >= 11 is 0. The summed E-state index contributed by atoms with van der Waals surface area (Å²) in [6.45, 7) is 2.14.